The average molecular weight is 681 g/mol. The number of benzene rings is 4. The molecule has 2 fully saturated rings. The summed E-state index contributed by atoms with van der Waals surface area (Å²) in [4.78, 5) is 0. The lowest BCUT2D eigenvalue weighted by Crippen LogP contribution is -2.36. The minimum Gasteiger partial charge on any atom is -0.420 e. The zero-order chi connectivity index (χ0) is 35.1. The number of alkyl halides is 1. The van der Waals surface area contributed by atoms with Crippen LogP contribution in [-0.2, 0) is 16.5 Å². The molecule has 2 aliphatic carbocycles. The SMILES string of the molecule is CC1(c2nnc(-c3ccc(C(C)(F)C4CCC(C)(c5nnc(-c6ccc(-c7ccccc7)cc6)o5)CC4)cc3)o2)CCC(c2ccccc2)CC1. The van der Waals surface area contributed by atoms with E-state index in [1.54, 1.807) is 6.92 Å². The van der Waals surface area contributed by atoms with Crippen molar-refractivity contribution in [2.75, 3.05) is 0 Å². The molecular weight excluding hydrogens is 636 g/mol. The lowest BCUT2D eigenvalue weighted by Gasteiger charge is -2.40. The Labute approximate surface area is 299 Å². The van der Waals surface area contributed by atoms with Crippen molar-refractivity contribution in [1.82, 2.24) is 20.4 Å². The zero-order valence-corrected chi connectivity index (χ0v) is 29.7. The van der Waals surface area contributed by atoms with E-state index in [4.69, 9.17) is 8.83 Å². The van der Waals surface area contributed by atoms with Gasteiger partial charge < -0.3 is 8.83 Å². The van der Waals surface area contributed by atoms with Gasteiger partial charge in [0.25, 0.3) is 0 Å². The highest BCUT2D eigenvalue weighted by Gasteiger charge is 2.44. The number of halogens is 1. The third-order valence-electron chi connectivity index (χ3n) is 12.0. The maximum Gasteiger partial charge on any atom is 0.247 e. The molecule has 6 nitrogen and oxygen atoms in total. The number of aromatic nitrogens is 4. The summed E-state index contributed by atoms with van der Waals surface area (Å²) in [6, 6.07) is 36.8. The molecular formula is C44H45FN4O2. The summed E-state index contributed by atoms with van der Waals surface area (Å²) in [5, 5.41) is 17.8. The van der Waals surface area contributed by atoms with Gasteiger partial charge in [-0.05, 0) is 117 Å². The Kier molecular flexibility index (Phi) is 8.69. The highest BCUT2D eigenvalue weighted by molar-refractivity contribution is 5.67. The van der Waals surface area contributed by atoms with Gasteiger partial charge in [-0.3, -0.25) is 0 Å². The van der Waals surface area contributed by atoms with Crippen LogP contribution in [0.4, 0.5) is 4.39 Å². The van der Waals surface area contributed by atoms with Crippen LogP contribution in [0.3, 0.4) is 0 Å². The number of nitrogens with zero attached hydrogens (tertiary/aromatic N) is 4. The van der Waals surface area contributed by atoms with E-state index in [0.29, 0.717) is 35.0 Å². The summed E-state index contributed by atoms with van der Waals surface area (Å²) in [7, 11) is 0. The van der Waals surface area contributed by atoms with Gasteiger partial charge in [0.05, 0.1) is 0 Å². The molecule has 4 aromatic carbocycles. The van der Waals surface area contributed by atoms with Gasteiger partial charge in [0.1, 0.15) is 5.67 Å². The fourth-order valence-corrected chi connectivity index (χ4v) is 8.32. The molecule has 51 heavy (non-hydrogen) atoms. The number of hydrogen-bond acceptors (Lipinski definition) is 6. The van der Waals surface area contributed by atoms with Gasteiger partial charge in [0, 0.05) is 22.0 Å². The summed E-state index contributed by atoms with van der Waals surface area (Å²) in [6.45, 7) is 6.12. The van der Waals surface area contributed by atoms with Crippen LogP contribution in [0.2, 0.25) is 0 Å². The quantitative estimate of drug-likeness (QED) is 0.159. The highest BCUT2D eigenvalue weighted by Crippen LogP contribution is 2.49. The summed E-state index contributed by atoms with van der Waals surface area (Å²) in [5.41, 5.74) is 4.18. The van der Waals surface area contributed by atoms with Gasteiger partial charge in [-0.15, -0.1) is 20.4 Å². The molecule has 0 radical (unpaired) electrons. The van der Waals surface area contributed by atoms with E-state index in [0.717, 1.165) is 73.6 Å². The molecule has 1 unspecified atom stereocenters. The molecule has 7 heteroatoms. The second-order valence-electron chi connectivity index (χ2n) is 15.5. The molecule has 0 N–H and O–H groups in total. The van der Waals surface area contributed by atoms with Crippen molar-refractivity contribution >= 4 is 0 Å². The maximum atomic E-state index is 16.6. The Hall–Kier alpha value is -4.91. The summed E-state index contributed by atoms with van der Waals surface area (Å²) >= 11 is 0. The third-order valence-corrected chi connectivity index (χ3v) is 12.0. The third kappa shape index (κ3) is 6.55. The zero-order valence-electron chi connectivity index (χ0n) is 29.7. The minimum absolute atomic E-state index is 0.120. The molecule has 2 aliphatic rings. The molecule has 0 amide bonds. The standard InChI is InChI=1S/C44H45FN4O2/c1-42(26-22-33(23-27-42)31-12-8-5-9-13-31)40-48-47-39(51-40)35-18-20-36(21-19-35)44(3,45)37-24-28-43(2,29-25-37)41-49-46-38(50-41)34-16-14-32(15-17-34)30-10-6-4-7-11-30/h4-21,33,37H,22-29H2,1-3H3. The lowest BCUT2D eigenvalue weighted by atomic mass is 9.66. The van der Waals surface area contributed by atoms with Crippen molar-refractivity contribution in [2.24, 2.45) is 5.92 Å². The Balaban J connectivity index is 0.890. The normalized spacial score (nSPS) is 24.9. The Bertz CT molecular complexity index is 2050. The molecule has 2 heterocycles. The van der Waals surface area contributed by atoms with Crippen molar-refractivity contribution in [1.29, 1.82) is 0 Å². The van der Waals surface area contributed by atoms with Crippen LogP contribution in [0.15, 0.2) is 118 Å². The maximum absolute atomic E-state index is 16.6. The molecule has 1 atom stereocenters. The van der Waals surface area contributed by atoms with Crippen molar-refractivity contribution in [3.63, 3.8) is 0 Å². The van der Waals surface area contributed by atoms with Crippen LogP contribution in [-0.4, -0.2) is 20.4 Å². The van der Waals surface area contributed by atoms with Gasteiger partial charge in [-0.2, -0.15) is 0 Å². The van der Waals surface area contributed by atoms with Gasteiger partial charge in [-0.25, -0.2) is 4.39 Å². The predicted molar refractivity (Wildman–Crippen MR) is 198 cm³/mol. The Morgan fingerprint density at radius 3 is 1.51 bits per heavy atom. The van der Waals surface area contributed by atoms with E-state index in [1.807, 2.05) is 54.6 Å². The Morgan fingerprint density at radius 1 is 0.549 bits per heavy atom. The van der Waals surface area contributed by atoms with Gasteiger partial charge in [-0.1, -0.05) is 98.8 Å². The second-order valence-corrected chi connectivity index (χ2v) is 15.5. The van der Waals surface area contributed by atoms with Crippen molar-refractivity contribution in [3.8, 4) is 34.0 Å². The predicted octanol–water partition coefficient (Wildman–Crippen LogP) is 11.4. The van der Waals surface area contributed by atoms with Crippen molar-refractivity contribution in [2.45, 2.75) is 94.6 Å². The van der Waals surface area contributed by atoms with Crippen LogP contribution >= 0.6 is 0 Å². The molecule has 2 saturated carbocycles. The monoisotopic (exact) mass is 680 g/mol. The van der Waals surface area contributed by atoms with Gasteiger partial charge in [0.15, 0.2) is 0 Å². The first-order valence-electron chi connectivity index (χ1n) is 18.4. The van der Waals surface area contributed by atoms with E-state index in [9.17, 15) is 0 Å². The fourth-order valence-electron chi connectivity index (χ4n) is 8.32. The van der Waals surface area contributed by atoms with E-state index in [2.05, 4.69) is 88.8 Å². The van der Waals surface area contributed by atoms with Crippen LogP contribution in [0.1, 0.15) is 101 Å². The number of hydrogen-bond donors (Lipinski definition) is 0. The smallest absolute Gasteiger partial charge is 0.247 e. The molecule has 0 spiro atoms. The van der Waals surface area contributed by atoms with E-state index >= 15 is 4.39 Å². The molecule has 8 rings (SSSR count). The summed E-state index contributed by atoms with van der Waals surface area (Å²) in [5.74, 6) is 2.78. The van der Waals surface area contributed by atoms with E-state index in [1.165, 1.54) is 5.56 Å². The van der Waals surface area contributed by atoms with Gasteiger partial charge in [0.2, 0.25) is 23.6 Å². The fraction of sp³-hybridized carbons (Fsp3) is 0.364. The number of rotatable bonds is 8. The minimum atomic E-state index is -1.48. The van der Waals surface area contributed by atoms with Crippen molar-refractivity contribution < 1.29 is 13.2 Å². The van der Waals surface area contributed by atoms with Gasteiger partial charge >= 0.3 is 0 Å². The molecule has 0 saturated heterocycles. The highest BCUT2D eigenvalue weighted by atomic mass is 19.1. The second kappa shape index (κ2) is 13.3. The van der Waals surface area contributed by atoms with Crippen LogP contribution in [0.5, 0.6) is 0 Å². The Morgan fingerprint density at radius 2 is 0.980 bits per heavy atom. The molecule has 2 aromatic heterocycles. The average Bonchev–Trinajstić information content (AvgIpc) is 3.89. The van der Waals surface area contributed by atoms with Crippen molar-refractivity contribution in [3.05, 3.63) is 132 Å². The topological polar surface area (TPSA) is 77.8 Å². The van der Waals surface area contributed by atoms with E-state index < -0.39 is 5.67 Å². The van der Waals surface area contributed by atoms with E-state index in [-0.39, 0.29) is 16.7 Å². The molecule has 6 aromatic rings. The largest absolute Gasteiger partial charge is 0.420 e. The molecule has 0 aliphatic heterocycles. The first kappa shape index (κ1) is 33.2. The van der Waals surface area contributed by atoms with Crippen LogP contribution in [0.25, 0.3) is 34.0 Å². The first-order valence-corrected chi connectivity index (χ1v) is 18.4. The first-order chi connectivity index (χ1) is 24.7. The molecule has 0 bridgehead atoms. The molecule has 260 valence electrons. The summed E-state index contributed by atoms with van der Waals surface area (Å²) < 4.78 is 29.2. The summed E-state index contributed by atoms with van der Waals surface area (Å²) in [6.07, 6.45) is 7.22. The van der Waals surface area contributed by atoms with Crippen LogP contribution in [0, 0.1) is 5.92 Å². The van der Waals surface area contributed by atoms with Crippen LogP contribution < -0.4 is 0 Å². The lowest BCUT2D eigenvalue weighted by molar-refractivity contribution is 0.0507.